The summed E-state index contributed by atoms with van der Waals surface area (Å²) in [5.41, 5.74) is 0. The fraction of sp³-hybridized carbons (Fsp3) is 0.900. The molecule has 0 aromatic heterocycles. The van der Waals surface area contributed by atoms with Crippen molar-refractivity contribution in [1.82, 2.24) is 4.31 Å². The van der Waals surface area contributed by atoms with Crippen molar-refractivity contribution in [3.8, 4) is 0 Å². The molecule has 1 aliphatic heterocycles. The first-order valence-corrected chi connectivity index (χ1v) is 7.27. The second-order valence-electron chi connectivity index (χ2n) is 4.56. The normalized spacial score (nSPS) is 28.6. The van der Waals surface area contributed by atoms with Crippen LogP contribution in [-0.4, -0.2) is 41.6 Å². The zero-order chi connectivity index (χ0) is 11.8. The van der Waals surface area contributed by atoms with Gasteiger partial charge in [-0.2, -0.15) is 4.31 Å². The number of carboxylic acid groups (broad SMARTS) is 1. The maximum Gasteiger partial charge on any atom is 0.322 e. The van der Waals surface area contributed by atoms with E-state index in [-0.39, 0.29) is 5.25 Å². The molecule has 92 valence electrons. The van der Waals surface area contributed by atoms with Crippen LogP contribution in [0, 0.1) is 0 Å². The van der Waals surface area contributed by atoms with Gasteiger partial charge in [-0.1, -0.05) is 12.8 Å². The second-order valence-corrected chi connectivity index (χ2v) is 6.72. The van der Waals surface area contributed by atoms with Gasteiger partial charge in [-0.3, -0.25) is 4.79 Å². The third kappa shape index (κ3) is 1.96. The summed E-state index contributed by atoms with van der Waals surface area (Å²) < 4.78 is 25.6. The van der Waals surface area contributed by atoms with E-state index in [2.05, 4.69) is 0 Å². The Balaban J connectivity index is 2.19. The van der Waals surface area contributed by atoms with E-state index in [1.165, 1.54) is 4.31 Å². The smallest absolute Gasteiger partial charge is 0.322 e. The predicted octanol–water partition coefficient (Wildman–Crippen LogP) is 0.808. The first kappa shape index (κ1) is 11.9. The monoisotopic (exact) mass is 247 g/mol. The van der Waals surface area contributed by atoms with Crippen molar-refractivity contribution >= 4 is 16.0 Å². The van der Waals surface area contributed by atoms with Gasteiger partial charge in [0.1, 0.15) is 6.04 Å². The Morgan fingerprint density at radius 2 is 1.75 bits per heavy atom. The van der Waals surface area contributed by atoms with Crippen molar-refractivity contribution < 1.29 is 18.3 Å². The summed E-state index contributed by atoms with van der Waals surface area (Å²) >= 11 is 0. The number of nitrogens with zero attached hydrogens (tertiary/aromatic N) is 1. The summed E-state index contributed by atoms with van der Waals surface area (Å²) in [6.45, 7) is 0.371. The highest BCUT2D eigenvalue weighted by Crippen LogP contribution is 2.31. The lowest BCUT2D eigenvalue weighted by Crippen LogP contribution is -2.44. The third-order valence-electron chi connectivity index (χ3n) is 3.54. The Labute approximate surface area is 95.5 Å². The summed E-state index contributed by atoms with van der Waals surface area (Å²) in [5, 5.41) is 8.64. The number of rotatable bonds is 3. The Morgan fingerprint density at radius 1 is 1.12 bits per heavy atom. The lowest BCUT2D eigenvalue weighted by Gasteiger charge is -2.24. The molecule has 16 heavy (non-hydrogen) atoms. The van der Waals surface area contributed by atoms with Crippen molar-refractivity contribution in [2.24, 2.45) is 0 Å². The fourth-order valence-electron chi connectivity index (χ4n) is 2.67. The molecule has 0 aromatic rings. The Bertz CT molecular complexity index is 372. The third-order valence-corrected chi connectivity index (χ3v) is 5.94. The first-order chi connectivity index (χ1) is 7.53. The van der Waals surface area contributed by atoms with Crippen LogP contribution in [-0.2, 0) is 14.8 Å². The molecule has 1 saturated heterocycles. The van der Waals surface area contributed by atoms with Gasteiger partial charge in [0.15, 0.2) is 0 Å². The molecule has 1 N–H and O–H groups in total. The van der Waals surface area contributed by atoms with Gasteiger partial charge in [0, 0.05) is 6.54 Å². The lowest BCUT2D eigenvalue weighted by atomic mass is 10.2. The van der Waals surface area contributed by atoms with E-state index in [1.54, 1.807) is 0 Å². The highest BCUT2D eigenvalue weighted by atomic mass is 32.2. The number of carboxylic acids is 1. The highest BCUT2D eigenvalue weighted by molar-refractivity contribution is 7.89. The molecule has 0 unspecified atom stereocenters. The minimum Gasteiger partial charge on any atom is -0.480 e. The van der Waals surface area contributed by atoms with Gasteiger partial charge in [-0.15, -0.1) is 0 Å². The highest BCUT2D eigenvalue weighted by Gasteiger charge is 2.42. The van der Waals surface area contributed by atoms with E-state index in [0.29, 0.717) is 32.2 Å². The molecule has 2 fully saturated rings. The minimum atomic E-state index is -3.38. The average molecular weight is 247 g/mol. The van der Waals surface area contributed by atoms with Crippen molar-refractivity contribution in [3.05, 3.63) is 0 Å². The van der Waals surface area contributed by atoms with Crippen LogP contribution in [0.25, 0.3) is 0 Å². The van der Waals surface area contributed by atoms with Crippen molar-refractivity contribution in [1.29, 1.82) is 0 Å². The van der Waals surface area contributed by atoms with Gasteiger partial charge in [0.25, 0.3) is 0 Å². The molecule has 0 amide bonds. The summed E-state index contributed by atoms with van der Waals surface area (Å²) in [4.78, 5) is 11.0. The fourth-order valence-corrected chi connectivity index (χ4v) is 4.92. The number of carbonyl (C=O) groups is 1. The standard InChI is InChI=1S/C10H17NO4S/c12-10(13)9-6-3-7-11(9)16(14,15)8-4-1-2-5-8/h8-9H,1-7H2,(H,12,13)/t9-/m0/s1. The van der Waals surface area contributed by atoms with E-state index >= 15 is 0 Å². The first-order valence-electron chi connectivity index (χ1n) is 5.77. The molecule has 5 nitrogen and oxygen atoms in total. The summed E-state index contributed by atoms with van der Waals surface area (Å²) in [5.74, 6) is -1.01. The van der Waals surface area contributed by atoms with Crippen molar-refractivity contribution in [2.75, 3.05) is 6.54 Å². The van der Waals surface area contributed by atoms with Crippen LogP contribution in [0.3, 0.4) is 0 Å². The molecule has 0 radical (unpaired) electrons. The van der Waals surface area contributed by atoms with Crippen LogP contribution >= 0.6 is 0 Å². The molecule has 0 aromatic carbocycles. The molecule has 0 spiro atoms. The summed E-state index contributed by atoms with van der Waals surface area (Å²) in [6, 6.07) is -0.828. The van der Waals surface area contributed by atoms with Crippen LogP contribution in [0.15, 0.2) is 0 Å². The molecule has 2 rings (SSSR count). The van der Waals surface area contributed by atoms with Gasteiger partial charge in [-0.05, 0) is 25.7 Å². The molecule has 1 heterocycles. The van der Waals surface area contributed by atoms with Gasteiger partial charge < -0.3 is 5.11 Å². The molecule has 2 aliphatic rings. The Kier molecular flexibility index (Phi) is 3.21. The Morgan fingerprint density at radius 3 is 2.31 bits per heavy atom. The van der Waals surface area contributed by atoms with Crippen LogP contribution in [0.4, 0.5) is 0 Å². The molecule has 0 bridgehead atoms. The van der Waals surface area contributed by atoms with E-state index in [0.717, 1.165) is 12.8 Å². The quantitative estimate of drug-likeness (QED) is 0.800. The van der Waals surface area contributed by atoms with Gasteiger partial charge >= 0.3 is 5.97 Å². The van der Waals surface area contributed by atoms with E-state index in [4.69, 9.17) is 5.11 Å². The van der Waals surface area contributed by atoms with Gasteiger partial charge in [-0.25, -0.2) is 8.42 Å². The van der Waals surface area contributed by atoms with Gasteiger partial charge in [0.05, 0.1) is 5.25 Å². The molecular formula is C10H17NO4S. The molecule has 6 heteroatoms. The largest absolute Gasteiger partial charge is 0.480 e. The number of hydrogen-bond acceptors (Lipinski definition) is 3. The SMILES string of the molecule is O=C(O)[C@@H]1CCCN1S(=O)(=O)C1CCCC1. The van der Waals surface area contributed by atoms with E-state index in [1.807, 2.05) is 0 Å². The lowest BCUT2D eigenvalue weighted by molar-refractivity contribution is -0.140. The summed E-state index contributed by atoms with van der Waals surface area (Å²) in [7, 11) is -3.38. The molecule has 1 saturated carbocycles. The number of sulfonamides is 1. The molecular weight excluding hydrogens is 230 g/mol. The predicted molar refractivity (Wildman–Crippen MR) is 58.5 cm³/mol. The molecule has 1 atom stereocenters. The summed E-state index contributed by atoms with van der Waals surface area (Å²) in [6.07, 6.45) is 4.35. The topological polar surface area (TPSA) is 74.7 Å². The van der Waals surface area contributed by atoms with E-state index < -0.39 is 22.0 Å². The van der Waals surface area contributed by atoms with Crippen LogP contribution in [0.2, 0.25) is 0 Å². The maximum absolute atomic E-state index is 12.2. The Hall–Kier alpha value is -0.620. The van der Waals surface area contributed by atoms with E-state index in [9.17, 15) is 13.2 Å². The second kappa shape index (κ2) is 4.33. The minimum absolute atomic E-state index is 0.340. The number of aliphatic carboxylic acids is 1. The van der Waals surface area contributed by atoms with Crippen molar-refractivity contribution in [2.45, 2.75) is 49.8 Å². The maximum atomic E-state index is 12.2. The number of hydrogen-bond donors (Lipinski definition) is 1. The van der Waals surface area contributed by atoms with Gasteiger partial charge in [0.2, 0.25) is 10.0 Å². The zero-order valence-corrected chi connectivity index (χ0v) is 9.95. The van der Waals surface area contributed by atoms with Crippen LogP contribution < -0.4 is 0 Å². The average Bonchev–Trinajstić information content (AvgIpc) is 2.89. The van der Waals surface area contributed by atoms with Crippen LogP contribution in [0.5, 0.6) is 0 Å². The van der Waals surface area contributed by atoms with Crippen molar-refractivity contribution in [3.63, 3.8) is 0 Å². The van der Waals surface area contributed by atoms with Crippen LogP contribution in [0.1, 0.15) is 38.5 Å². The molecule has 1 aliphatic carbocycles. The zero-order valence-electron chi connectivity index (χ0n) is 9.13.